The maximum Gasteiger partial charge on any atom is 0.407 e. The van der Waals surface area contributed by atoms with E-state index in [1.807, 2.05) is 6.92 Å². The molecule has 8 nitrogen and oxygen atoms in total. The number of aryl methyl sites for hydroxylation is 2. The van der Waals surface area contributed by atoms with Crippen molar-refractivity contribution in [2.75, 3.05) is 19.7 Å². The maximum atomic E-state index is 11.8. The van der Waals surface area contributed by atoms with Crippen molar-refractivity contribution in [1.29, 1.82) is 0 Å². The van der Waals surface area contributed by atoms with Crippen molar-refractivity contribution in [2.45, 2.75) is 66.0 Å². The minimum absolute atomic E-state index is 0.0425. The fraction of sp³-hybridized carbons (Fsp3) is 0.737. The van der Waals surface area contributed by atoms with E-state index in [-0.39, 0.29) is 12.1 Å². The van der Waals surface area contributed by atoms with Gasteiger partial charge < -0.3 is 25.2 Å². The second-order valence-corrected chi connectivity index (χ2v) is 6.62. The van der Waals surface area contributed by atoms with Crippen LogP contribution in [-0.2, 0) is 24.1 Å². The molecule has 1 unspecified atom stereocenters. The molecule has 1 aromatic heterocycles. The zero-order valence-corrected chi connectivity index (χ0v) is 16.9. The number of carbonyl (C=O) groups is 1. The van der Waals surface area contributed by atoms with Gasteiger partial charge in [0.25, 0.3) is 0 Å². The lowest BCUT2D eigenvalue weighted by Gasteiger charge is -2.20. The highest BCUT2D eigenvalue weighted by Crippen LogP contribution is 2.32. The van der Waals surface area contributed by atoms with E-state index >= 15 is 0 Å². The number of ether oxygens (including phenoxy) is 1. The zero-order valence-electron chi connectivity index (χ0n) is 16.9. The molecular formula is C19H33N5O3. The molecular weight excluding hydrogens is 346 g/mol. The van der Waals surface area contributed by atoms with Crippen molar-refractivity contribution in [3.05, 3.63) is 17.0 Å². The van der Waals surface area contributed by atoms with Gasteiger partial charge in [0.05, 0.1) is 24.9 Å². The van der Waals surface area contributed by atoms with Crippen LogP contribution in [0, 0.1) is 5.92 Å². The summed E-state index contributed by atoms with van der Waals surface area (Å²) < 4.78 is 10.4. The lowest BCUT2D eigenvalue weighted by Crippen LogP contribution is -2.48. The summed E-state index contributed by atoms with van der Waals surface area (Å²) in [4.78, 5) is 16.4. The first-order chi connectivity index (χ1) is 13.1. The summed E-state index contributed by atoms with van der Waals surface area (Å²) in [6.45, 7) is 10.2. The van der Waals surface area contributed by atoms with Crippen LogP contribution in [0.1, 0.15) is 57.6 Å². The highest BCUT2D eigenvalue weighted by Gasteiger charge is 2.32. The summed E-state index contributed by atoms with van der Waals surface area (Å²) in [6, 6.07) is 0.0425. The maximum absolute atomic E-state index is 11.8. The highest BCUT2D eigenvalue weighted by atomic mass is 16.5. The van der Waals surface area contributed by atoms with Gasteiger partial charge >= 0.3 is 6.09 Å². The number of alkyl carbamates (subject to hydrolysis) is 1. The number of nitrogens with one attached hydrogen (secondary N) is 3. The third-order valence-electron chi connectivity index (χ3n) is 4.61. The Bertz CT molecular complexity index is 603. The molecule has 1 saturated carbocycles. The van der Waals surface area contributed by atoms with Crippen molar-refractivity contribution in [2.24, 2.45) is 10.9 Å². The minimum atomic E-state index is -0.359. The van der Waals surface area contributed by atoms with Gasteiger partial charge in [-0.1, -0.05) is 19.0 Å². The molecule has 1 aliphatic carbocycles. The van der Waals surface area contributed by atoms with Crippen molar-refractivity contribution < 1.29 is 14.1 Å². The number of guanidine groups is 1. The Labute approximate surface area is 161 Å². The average molecular weight is 380 g/mol. The largest absolute Gasteiger partial charge is 0.450 e. The Kier molecular flexibility index (Phi) is 8.42. The van der Waals surface area contributed by atoms with E-state index in [4.69, 9.17) is 14.3 Å². The van der Waals surface area contributed by atoms with E-state index in [9.17, 15) is 4.79 Å². The van der Waals surface area contributed by atoms with E-state index in [1.165, 1.54) is 0 Å². The van der Waals surface area contributed by atoms with Crippen LogP contribution in [-0.4, -0.2) is 42.9 Å². The fourth-order valence-electron chi connectivity index (χ4n) is 2.98. The molecule has 2 rings (SSSR count). The summed E-state index contributed by atoms with van der Waals surface area (Å²) in [5.74, 6) is 2.12. The van der Waals surface area contributed by atoms with Crippen molar-refractivity contribution in [3.8, 4) is 0 Å². The lowest BCUT2D eigenvalue weighted by atomic mass is 10.1. The summed E-state index contributed by atoms with van der Waals surface area (Å²) in [7, 11) is 0. The van der Waals surface area contributed by atoms with E-state index in [0.29, 0.717) is 25.6 Å². The number of hydrogen-bond acceptors (Lipinski definition) is 5. The van der Waals surface area contributed by atoms with E-state index in [1.54, 1.807) is 6.92 Å². The molecule has 27 heavy (non-hydrogen) atoms. The second-order valence-electron chi connectivity index (χ2n) is 6.62. The quantitative estimate of drug-likeness (QED) is 0.426. The molecule has 1 amide bonds. The van der Waals surface area contributed by atoms with Crippen LogP contribution in [0.5, 0.6) is 0 Å². The molecule has 1 heterocycles. The highest BCUT2D eigenvalue weighted by molar-refractivity contribution is 5.80. The molecule has 0 bridgehead atoms. The monoisotopic (exact) mass is 379 g/mol. The van der Waals surface area contributed by atoms with Gasteiger partial charge in [-0.05, 0) is 39.0 Å². The van der Waals surface area contributed by atoms with Crippen LogP contribution < -0.4 is 16.0 Å². The summed E-state index contributed by atoms with van der Waals surface area (Å²) >= 11 is 0. The molecule has 0 saturated heterocycles. The van der Waals surface area contributed by atoms with Crippen LogP contribution >= 0.6 is 0 Å². The number of aliphatic imine (C=N–C) groups is 1. The number of rotatable bonds is 10. The Morgan fingerprint density at radius 2 is 2.04 bits per heavy atom. The topological polar surface area (TPSA) is 101 Å². The van der Waals surface area contributed by atoms with Gasteiger partial charge in [0, 0.05) is 25.1 Å². The van der Waals surface area contributed by atoms with E-state index < -0.39 is 0 Å². The molecule has 3 N–H and O–H groups in total. The lowest BCUT2D eigenvalue weighted by molar-refractivity contribution is 0.146. The van der Waals surface area contributed by atoms with Crippen LogP contribution in [0.4, 0.5) is 4.79 Å². The Hall–Kier alpha value is -2.25. The van der Waals surface area contributed by atoms with E-state index in [0.717, 1.165) is 55.2 Å². The molecule has 1 atom stereocenters. The first kappa shape index (κ1) is 21.1. The molecule has 0 spiro atoms. The predicted octanol–water partition coefficient (Wildman–Crippen LogP) is 2.38. The number of carbonyl (C=O) groups excluding carboxylic acids is 1. The Morgan fingerprint density at radius 1 is 1.26 bits per heavy atom. The molecule has 1 aromatic rings. The summed E-state index contributed by atoms with van der Waals surface area (Å²) in [6.07, 6.45) is 3.53. The molecule has 1 aliphatic rings. The van der Waals surface area contributed by atoms with Gasteiger partial charge in [-0.25, -0.2) is 9.79 Å². The molecule has 0 radical (unpaired) electrons. The SMILES string of the molecule is CCNC(=NCc1c(CC)noc1CC)NCC(NC(=O)OCC)C1CC1. The van der Waals surface area contributed by atoms with Crippen LogP contribution in [0.15, 0.2) is 9.52 Å². The first-order valence-electron chi connectivity index (χ1n) is 10.0. The predicted molar refractivity (Wildman–Crippen MR) is 105 cm³/mol. The van der Waals surface area contributed by atoms with Crippen LogP contribution in [0.2, 0.25) is 0 Å². The molecule has 1 fully saturated rings. The standard InChI is InChI=1S/C19H33N5O3/c1-5-15-14(17(6-2)27-24-15)11-21-18(20-7-3)22-12-16(13-9-10-13)23-19(25)26-8-4/h13,16H,5-12H2,1-4H3,(H,23,25)(H2,20,21,22). The van der Waals surface area contributed by atoms with Gasteiger partial charge in [-0.15, -0.1) is 0 Å². The smallest absolute Gasteiger partial charge is 0.407 e. The number of hydrogen-bond donors (Lipinski definition) is 3. The van der Waals surface area contributed by atoms with E-state index in [2.05, 4.69) is 35.0 Å². The van der Waals surface area contributed by atoms with Crippen molar-refractivity contribution in [3.63, 3.8) is 0 Å². The van der Waals surface area contributed by atoms with Crippen LogP contribution in [0.3, 0.4) is 0 Å². The van der Waals surface area contributed by atoms with Gasteiger partial charge in [-0.2, -0.15) is 0 Å². The fourth-order valence-corrected chi connectivity index (χ4v) is 2.98. The van der Waals surface area contributed by atoms with Gasteiger partial charge in [-0.3, -0.25) is 0 Å². The van der Waals surface area contributed by atoms with Gasteiger partial charge in [0.15, 0.2) is 5.96 Å². The van der Waals surface area contributed by atoms with Crippen molar-refractivity contribution in [1.82, 2.24) is 21.1 Å². The molecule has 0 aliphatic heterocycles. The number of aromatic nitrogens is 1. The average Bonchev–Trinajstić information content (AvgIpc) is 3.43. The van der Waals surface area contributed by atoms with Crippen LogP contribution in [0.25, 0.3) is 0 Å². The summed E-state index contributed by atoms with van der Waals surface area (Å²) in [5.41, 5.74) is 2.03. The summed E-state index contributed by atoms with van der Waals surface area (Å²) in [5, 5.41) is 13.7. The number of amides is 1. The normalized spacial score (nSPS) is 15.3. The van der Waals surface area contributed by atoms with Gasteiger partial charge in [0.1, 0.15) is 5.76 Å². The number of nitrogens with zero attached hydrogens (tertiary/aromatic N) is 2. The zero-order chi connectivity index (χ0) is 19.6. The molecule has 8 heteroatoms. The van der Waals surface area contributed by atoms with Crippen molar-refractivity contribution >= 4 is 12.1 Å². The Balaban J connectivity index is 1.98. The van der Waals surface area contributed by atoms with Gasteiger partial charge in [0.2, 0.25) is 0 Å². The molecule has 152 valence electrons. The minimum Gasteiger partial charge on any atom is -0.450 e. The first-order valence-corrected chi connectivity index (χ1v) is 10.0. The third-order valence-corrected chi connectivity index (χ3v) is 4.61. The second kappa shape index (κ2) is 10.8. The Morgan fingerprint density at radius 3 is 2.63 bits per heavy atom. The molecule has 0 aromatic carbocycles. The third kappa shape index (κ3) is 6.45.